The Labute approximate surface area is 151 Å². The van der Waals surface area contributed by atoms with Crippen LogP contribution in [0.15, 0.2) is 31.4 Å². The summed E-state index contributed by atoms with van der Waals surface area (Å²) >= 11 is 6.34. The van der Waals surface area contributed by atoms with Crippen LogP contribution in [0.3, 0.4) is 0 Å². The predicted molar refractivity (Wildman–Crippen MR) is 97.4 cm³/mol. The average molecular weight is 371 g/mol. The van der Waals surface area contributed by atoms with Crippen LogP contribution in [0.25, 0.3) is 33.4 Å². The van der Waals surface area contributed by atoms with Gasteiger partial charge in [0.15, 0.2) is 17.3 Å². The number of hydrogen-bond acceptors (Lipinski definition) is 4. The Bertz CT molecular complexity index is 1200. The van der Waals surface area contributed by atoms with Crippen LogP contribution in [0.2, 0.25) is 5.02 Å². The fraction of sp³-hybridized carbons (Fsp3) is 0.0588. The smallest absolute Gasteiger partial charge is 0.212 e. The predicted octanol–water partition coefficient (Wildman–Crippen LogP) is 3.67. The zero-order chi connectivity index (χ0) is 18.4. The highest BCUT2D eigenvalue weighted by Gasteiger charge is 2.22. The number of halogens is 2. The topological polar surface area (TPSA) is 88.0 Å². The molecule has 3 aromatic heterocycles. The molecule has 9 heteroatoms. The highest BCUT2D eigenvalue weighted by Crippen LogP contribution is 2.40. The lowest BCUT2D eigenvalue weighted by Gasteiger charge is -2.12. The van der Waals surface area contributed by atoms with Crippen molar-refractivity contribution in [1.29, 1.82) is 0 Å². The molecule has 1 amide bonds. The first-order chi connectivity index (χ1) is 12.5. The van der Waals surface area contributed by atoms with Gasteiger partial charge in [-0.3, -0.25) is 14.9 Å². The summed E-state index contributed by atoms with van der Waals surface area (Å²) in [5, 5.41) is 9.86. The van der Waals surface area contributed by atoms with Gasteiger partial charge in [-0.25, -0.2) is 9.37 Å². The number of nitrogens with one attached hydrogen (secondary N) is 2. The standard InChI is InChI=1S/C17H12ClFN6O/c1-8(2)13-16(19)15(18)14(9-3-22-24-17(9)13)10-5-25-6-11(21-7-26)23-12(25)4-20-10/h3-7H,1H2,2H3,(H,21,26)(H,22,24). The fourth-order valence-electron chi connectivity index (χ4n) is 2.92. The Morgan fingerprint density at radius 3 is 2.96 bits per heavy atom. The molecule has 0 aliphatic heterocycles. The number of aromatic amines is 1. The summed E-state index contributed by atoms with van der Waals surface area (Å²) in [6.07, 6.45) is 6.90. The van der Waals surface area contributed by atoms with Crippen LogP contribution in [0.5, 0.6) is 0 Å². The van der Waals surface area contributed by atoms with Crippen molar-refractivity contribution in [3.05, 3.63) is 47.8 Å². The van der Waals surface area contributed by atoms with Crippen LogP contribution in [0.1, 0.15) is 12.5 Å². The van der Waals surface area contributed by atoms with Gasteiger partial charge < -0.3 is 9.72 Å². The van der Waals surface area contributed by atoms with Crippen molar-refractivity contribution in [3.8, 4) is 11.3 Å². The van der Waals surface area contributed by atoms with Gasteiger partial charge in [-0.2, -0.15) is 5.10 Å². The van der Waals surface area contributed by atoms with Crippen LogP contribution >= 0.6 is 11.6 Å². The van der Waals surface area contributed by atoms with E-state index in [1.165, 1.54) is 6.20 Å². The molecule has 2 N–H and O–H groups in total. The maximum Gasteiger partial charge on any atom is 0.212 e. The number of rotatable bonds is 4. The Kier molecular flexibility index (Phi) is 3.69. The second-order valence-corrected chi connectivity index (χ2v) is 6.12. The van der Waals surface area contributed by atoms with E-state index >= 15 is 0 Å². The van der Waals surface area contributed by atoms with E-state index in [9.17, 15) is 9.18 Å². The number of allylic oxidation sites excluding steroid dienone is 1. The minimum absolute atomic E-state index is 0.0601. The molecule has 0 aliphatic carbocycles. The van der Waals surface area contributed by atoms with Gasteiger partial charge in [0.05, 0.1) is 34.8 Å². The van der Waals surface area contributed by atoms with Crippen molar-refractivity contribution in [3.63, 3.8) is 0 Å². The van der Waals surface area contributed by atoms with Gasteiger partial charge in [-0.1, -0.05) is 18.2 Å². The number of hydrogen-bond donors (Lipinski definition) is 2. The normalized spacial score (nSPS) is 11.2. The van der Waals surface area contributed by atoms with Gasteiger partial charge in [-0.05, 0) is 12.5 Å². The number of nitrogens with zero attached hydrogens (tertiary/aromatic N) is 4. The maximum atomic E-state index is 14.9. The molecule has 0 saturated carbocycles. The van der Waals surface area contributed by atoms with Crippen molar-refractivity contribution in [2.75, 3.05) is 5.32 Å². The van der Waals surface area contributed by atoms with Crippen molar-refractivity contribution in [2.24, 2.45) is 0 Å². The summed E-state index contributed by atoms with van der Waals surface area (Å²) in [4.78, 5) is 19.1. The number of benzene rings is 1. The van der Waals surface area contributed by atoms with Crippen LogP contribution in [-0.2, 0) is 4.79 Å². The van der Waals surface area contributed by atoms with Gasteiger partial charge in [0.25, 0.3) is 0 Å². The minimum Gasteiger partial charge on any atom is -0.312 e. The number of H-pyrrole nitrogens is 1. The van der Waals surface area contributed by atoms with Gasteiger partial charge in [0, 0.05) is 22.7 Å². The number of fused-ring (bicyclic) bond motifs is 2. The van der Waals surface area contributed by atoms with E-state index in [2.05, 4.69) is 32.1 Å². The van der Waals surface area contributed by atoms with Crippen molar-refractivity contribution in [2.45, 2.75) is 6.92 Å². The summed E-state index contributed by atoms with van der Waals surface area (Å²) < 4.78 is 16.6. The molecule has 130 valence electrons. The lowest BCUT2D eigenvalue weighted by Crippen LogP contribution is -1.97. The third-order valence-corrected chi connectivity index (χ3v) is 4.38. The second-order valence-electron chi connectivity index (χ2n) is 5.74. The van der Waals surface area contributed by atoms with Crippen LogP contribution in [0.4, 0.5) is 10.2 Å². The number of aromatic nitrogens is 5. The number of carbonyl (C=O) groups is 1. The molecule has 7 nitrogen and oxygen atoms in total. The molecule has 0 bridgehead atoms. The van der Waals surface area contributed by atoms with E-state index in [0.717, 1.165) is 0 Å². The molecule has 26 heavy (non-hydrogen) atoms. The van der Waals surface area contributed by atoms with Crippen molar-refractivity contribution >= 4 is 46.0 Å². The SMILES string of the molecule is C=C(C)c1c(F)c(Cl)c(-c2cn3cc(NC=O)nc3cn2)c2cn[nH]c12. The summed E-state index contributed by atoms with van der Waals surface area (Å²) in [5.41, 5.74) is 2.72. The van der Waals surface area contributed by atoms with Gasteiger partial charge >= 0.3 is 0 Å². The first-order valence-electron chi connectivity index (χ1n) is 7.56. The van der Waals surface area contributed by atoms with Crippen LogP contribution in [0, 0.1) is 5.82 Å². The van der Waals surface area contributed by atoms with E-state index < -0.39 is 5.82 Å². The molecular formula is C17H12ClFN6O. The third kappa shape index (κ3) is 2.34. The summed E-state index contributed by atoms with van der Waals surface area (Å²) in [6, 6.07) is 0. The second kappa shape index (κ2) is 5.92. The molecule has 0 spiro atoms. The molecule has 0 saturated heterocycles. The minimum atomic E-state index is -0.582. The highest BCUT2D eigenvalue weighted by atomic mass is 35.5. The first-order valence-corrected chi connectivity index (χ1v) is 7.94. The lowest BCUT2D eigenvalue weighted by atomic mass is 9.99. The number of amides is 1. The third-order valence-electron chi connectivity index (χ3n) is 4.02. The van der Waals surface area contributed by atoms with E-state index in [-0.39, 0.29) is 5.02 Å². The van der Waals surface area contributed by atoms with Crippen molar-refractivity contribution < 1.29 is 9.18 Å². The van der Waals surface area contributed by atoms with E-state index in [1.54, 1.807) is 29.9 Å². The Morgan fingerprint density at radius 1 is 1.42 bits per heavy atom. The Hall–Kier alpha value is -3.26. The van der Waals surface area contributed by atoms with Gasteiger partial charge in [-0.15, -0.1) is 0 Å². The zero-order valence-electron chi connectivity index (χ0n) is 13.5. The Balaban J connectivity index is 2.00. The van der Waals surface area contributed by atoms with E-state index in [1.807, 2.05) is 0 Å². The van der Waals surface area contributed by atoms with Gasteiger partial charge in [0.1, 0.15) is 0 Å². The van der Waals surface area contributed by atoms with Crippen LogP contribution < -0.4 is 5.32 Å². The molecule has 4 aromatic rings. The monoisotopic (exact) mass is 370 g/mol. The molecular weight excluding hydrogens is 359 g/mol. The lowest BCUT2D eigenvalue weighted by molar-refractivity contribution is -0.105. The largest absolute Gasteiger partial charge is 0.312 e. The molecule has 0 unspecified atom stereocenters. The molecule has 0 aliphatic rings. The molecule has 0 fully saturated rings. The molecule has 0 radical (unpaired) electrons. The maximum absolute atomic E-state index is 14.9. The first kappa shape index (κ1) is 16.2. The fourth-order valence-corrected chi connectivity index (χ4v) is 3.22. The summed E-state index contributed by atoms with van der Waals surface area (Å²) in [6.45, 7) is 5.51. The summed E-state index contributed by atoms with van der Waals surface area (Å²) in [5.74, 6) is -0.205. The van der Waals surface area contributed by atoms with Gasteiger partial charge in [0.2, 0.25) is 6.41 Å². The highest BCUT2D eigenvalue weighted by molar-refractivity contribution is 6.35. The van der Waals surface area contributed by atoms with E-state index in [4.69, 9.17) is 11.6 Å². The van der Waals surface area contributed by atoms with E-state index in [0.29, 0.717) is 51.2 Å². The number of anilines is 1. The molecule has 0 atom stereocenters. The molecule has 1 aromatic carbocycles. The number of imidazole rings is 1. The van der Waals surface area contributed by atoms with Crippen molar-refractivity contribution in [1.82, 2.24) is 24.6 Å². The quantitative estimate of drug-likeness (QED) is 0.536. The zero-order valence-corrected chi connectivity index (χ0v) is 14.3. The summed E-state index contributed by atoms with van der Waals surface area (Å²) in [7, 11) is 0. The Morgan fingerprint density at radius 2 is 2.23 bits per heavy atom. The molecule has 3 heterocycles. The number of carbonyl (C=O) groups excluding carboxylic acids is 1. The molecule has 4 rings (SSSR count). The average Bonchev–Trinajstić information content (AvgIpc) is 3.21. The van der Waals surface area contributed by atoms with Crippen LogP contribution in [-0.4, -0.2) is 31.0 Å².